The van der Waals surface area contributed by atoms with Crippen LogP contribution in [0.2, 0.25) is 0 Å². The van der Waals surface area contributed by atoms with Crippen LogP contribution >= 0.6 is 0 Å². The molecule has 2 saturated heterocycles. The Hall–Kier alpha value is -2.19. The van der Waals surface area contributed by atoms with E-state index in [1.165, 1.54) is 5.56 Å². The van der Waals surface area contributed by atoms with Gasteiger partial charge in [0.15, 0.2) is 9.84 Å². The second-order valence-corrected chi connectivity index (χ2v) is 9.46. The van der Waals surface area contributed by atoms with Crippen molar-refractivity contribution in [3.8, 4) is 0 Å². The van der Waals surface area contributed by atoms with E-state index >= 15 is 0 Å². The van der Waals surface area contributed by atoms with E-state index in [2.05, 4.69) is 49.4 Å². The maximum Gasteiger partial charge on any atom is 0.227 e. The Balaban J connectivity index is 1.33. The van der Waals surface area contributed by atoms with E-state index in [0.717, 1.165) is 32.7 Å². The first-order valence-corrected chi connectivity index (χ1v) is 11.2. The van der Waals surface area contributed by atoms with Crippen LogP contribution in [0.4, 0.5) is 11.8 Å². The summed E-state index contributed by atoms with van der Waals surface area (Å²) in [5, 5.41) is 3.25. The molecule has 0 aliphatic carbocycles. The third-order valence-electron chi connectivity index (χ3n) is 5.13. The Morgan fingerprint density at radius 1 is 1.07 bits per heavy atom. The molecule has 4 rings (SSSR count). The molecule has 0 spiro atoms. The molecular weight excluding hydrogens is 362 g/mol. The topological polar surface area (TPSA) is 78.4 Å². The maximum absolute atomic E-state index is 11.6. The fourth-order valence-electron chi connectivity index (χ4n) is 3.65. The van der Waals surface area contributed by atoms with Crippen LogP contribution in [0.25, 0.3) is 0 Å². The number of hydrogen-bond donors (Lipinski definition) is 1. The van der Waals surface area contributed by atoms with Gasteiger partial charge in [0.05, 0.1) is 11.5 Å². The van der Waals surface area contributed by atoms with Gasteiger partial charge in [-0.15, -0.1) is 0 Å². The van der Waals surface area contributed by atoms with E-state index in [-0.39, 0.29) is 17.5 Å². The summed E-state index contributed by atoms with van der Waals surface area (Å²) in [6.45, 7) is 4.67. The number of aromatic nitrogens is 2. The van der Waals surface area contributed by atoms with E-state index in [9.17, 15) is 8.42 Å². The van der Waals surface area contributed by atoms with Crippen LogP contribution in [-0.4, -0.2) is 67.0 Å². The molecule has 2 aliphatic heterocycles. The predicted octanol–water partition coefficient (Wildman–Crippen LogP) is 1.40. The Bertz CT molecular complexity index is 867. The fraction of sp³-hybridized carbons (Fsp3) is 0.474. The van der Waals surface area contributed by atoms with Gasteiger partial charge in [-0.3, -0.25) is 4.90 Å². The number of piperazine rings is 1. The summed E-state index contributed by atoms with van der Waals surface area (Å²) in [5.74, 6) is 1.85. The van der Waals surface area contributed by atoms with Gasteiger partial charge in [-0.1, -0.05) is 30.3 Å². The third kappa shape index (κ3) is 4.75. The highest BCUT2D eigenvalue weighted by Gasteiger charge is 2.28. The molecule has 8 heteroatoms. The number of anilines is 2. The lowest BCUT2D eigenvalue weighted by atomic mass is 10.2. The maximum atomic E-state index is 11.6. The molecule has 0 amide bonds. The summed E-state index contributed by atoms with van der Waals surface area (Å²) in [6, 6.07) is 12.3. The van der Waals surface area contributed by atoms with Crippen LogP contribution in [0.15, 0.2) is 42.6 Å². The minimum Gasteiger partial charge on any atom is -0.366 e. The van der Waals surface area contributed by atoms with E-state index in [4.69, 9.17) is 0 Å². The highest BCUT2D eigenvalue weighted by Crippen LogP contribution is 2.19. The first kappa shape index (κ1) is 18.2. The van der Waals surface area contributed by atoms with Crippen molar-refractivity contribution in [1.29, 1.82) is 0 Å². The molecule has 3 heterocycles. The van der Waals surface area contributed by atoms with Gasteiger partial charge in [0.2, 0.25) is 5.95 Å². The lowest BCUT2D eigenvalue weighted by molar-refractivity contribution is 0.248. The molecule has 1 aromatic heterocycles. The van der Waals surface area contributed by atoms with Crippen LogP contribution in [0, 0.1) is 0 Å². The Morgan fingerprint density at radius 3 is 2.56 bits per heavy atom. The van der Waals surface area contributed by atoms with Gasteiger partial charge in [-0.2, -0.15) is 4.98 Å². The minimum atomic E-state index is -2.90. The molecular formula is C19H25N5O2S. The Kier molecular flexibility index (Phi) is 5.27. The van der Waals surface area contributed by atoms with Crippen LogP contribution in [0.5, 0.6) is 0 Å². The largest absolute Gasteiger partial charge is 0.366 e. The molecule has 1 unspecified atom stereocenters. The molecule has 144 valence electrons. The molecule has 1 N–H and O–H groups in total. The standard InChI is InChI=1S/C19H25N5O2S/c25-27(26)13-7-17(15-27)21-18-6-8-20-19(22-18)24-11-9-23(10-12-24)14-16-4-2-1-3-5-16/h1-6,8,17H,7,9-15H2,(H,20,21,22). The van der Waals surface area contributed by atoms with Gasteiger partial charge >= 0.3 is 0 Å². The van der Waals surface area contributed by atoms with Gasteiger partial charge in [0.1, 0.15) is 5.82 Å². The number of hydrogen-bond acceptors (Lipinski definition) is 7. The first-order chi connectivity index (χ1) is 13.1. The highest BCUT2D eigenvalue weighted by molar-refractivity contribution is 7.91. The average Bonchev–Trinajstić information content (AvgIpc) is 3.02. The van der Waals surface area contributed by atoms with Crippen molar-refractivity contribution in [1.82, 2.24) is 14.9 Å². The number of sulfone groups is 1. The van der Waals surface area contributed by atoms with Gasteiger partial charge in [-0.25, -0.2) is 13.4 Å². The van der Waals surface area contributed by atoms with Crippen LogP contribution in [0.3, 0.4) is 0 Å². The zero-order chi connectivity index (χ0) is 18.7. The summed E-state index contributed by atoms with van der Waals surface area (Å²) in [5.41, 5.74) is 1.33. The monoisotopic (exact) mass is 387 g/mol. The van der Waals surface area contributed by atoms with Crippen molar-refractivity contribution in [2.75, 3.05) is 47.9 Å². The zero-order valence-electron chi connectivity index (χ0n) is 15.3. The smallest absolute Gasteiger partial charge is 0.227 e. The lowest BCUT2D eigenvalue weighted by Gasteiger charge is -2.34. The van der Waals surface area contributed by atoms with Crippen LogP contribution < -0.4 is 10.2 Å². The molecule has 0 bridgehead atoms. The summed E-state index contributed by atoms with van der Waals surface area (Å²) in [4.78, 5) is 13.7. The molecule has 1 atom stereocenters. The second-order valence-electron chi connectivity index (χ2n) is 7.23. The minimum absolute atomic E-state index is 0.0551. The Labute approximate surface area is 160 Å². The summed E-state index contributed by atoms with van der Waals surface area (Å²) in [6.07, 6.45) is 2.38. The molecule has 2 fully saturated rings. The van der Waals surface area contributed by atoms with Crippen molar-refractivity contribution in [3.63, 3.8) is 0 Å². The van der Waals surface area contributed by atoms with Gasteiger partial charge in [0.25, 0.3) is 0 Å². The lowest BCUT2D eigenvalue weighted by Crippen LogP contribution is -2.46. The number of nitrogens with zero attached hydrogens (tertiary/aromatic N) is 4. The highest BCUT2D eigenvalue weighted by atomic mass is 32.2. The summed E-state index contributed by atoms with van der Waals surface area (Å²) in [7, 11) is -2.90. The number of benzene rings is 1. The summed E-state index contributed by atoms with van der Waals surface area (Å²) >= 11 is 0. The van der Waals surface area contributed by atoms with Gasteiger partial charge in [0, 0.05) is 45.0 Å². The van der Waals surface area contributed by atoms with E-state index < -0.39 is 9.84 Å². The fourth-order valence-corrected chi connectivity index (χ4v) is 5.32. The second kappa shape index (κ2) is 7.82. The van der Waals surface area contributed by atoms with Crippen molar-refractivity contribution < 1.29 is 8.42 Å². The van der Waals surface area contributed by atoms with Crippen LogP contribution in [-0.2, 0) is 16.4 Å². The normalized spacial score (nSPS) is 22.7. The third-order valence-corrected chi connectivity index (χ3v) is 6.90. The molecule has 7 nitrogen and oxygen atoms in total. The Morgan fingerprint density at radius 2 is 1.85 bits per heavy atom. The molecule has 1 aromatic carbocycles. The van der Waals surface area contributed by atoms with Crippen molar-refractivity contribution in [2.45, 2.75) is 19.0 Å². The van der Waals surface area contributed by atoms with Crippen LogP contribution in [0.1, 0.15) is 12.0 Å². The quantitative estimate of drug-likeness (QED) is 0.831. The molecule has 2 aliphatic rings. The average molecular weight is 388 g/mol. The SMILES string of the molecule is O=S1(=O)CCC(Nc2ccnc(N3CCN(Cc4ccccc4)CC3)n2)C1. The van der Waals surface area contributed by atoms with Crippen molar-refractivity contribution in [2.24, 2.45) is 0 Å². The van der Waals surface area contributed by atoms with Crippen molar-refractivity contribution >= 4 is 21.6 Å². The van der Waals surface area contributed by atoms with E-state index in [1.807, 2.05) is 6.07 Å². The molecule has 0 radical (unpaired) electrons. The molecule has 2 aromatic rings. The van der Waals surface area contributed by atoms with Gasteiger partial charge < -0.3 is 10.2 Å². The zero-order valence-corrected chi connectivity index (χ0v) is 16.1. The number of nitrogens with one attached hydrogen (secondary N) is 1. The van der Waals surface area contributed by atoms with Crippen molar-refractivity contribution in [3.05, 3.63) is 48.2 Å². The predicted molar refractivity (Wildman–Crippen MR) is 107 cm³/mol. The first-order valence-electron chi connectivity index (χ1n) is 9.39. The van der Waals surface area contributed by atoms with E-state index in [1.54, 1.807) is 12.3 Å². The van der Waals surface area contributed by atoms with Gasteiger partial charge in [-0.05, 0) is 18.1 Å². The van der Waals surface area contributed by atoms with E-state index in [0.29, 0.717) is 18.2 Å². The number of rotatable bonds is 5. The molecule has 0 saturated carbocycles. The summed E-state index contributed by atoms with van der Waals surface area (Å²) < 4.78 is 23.2. The molecule has 27 heavy (non-hydrogen) atoms.